The van der Waals surface area contributed by atoms with Gasteiger partial charge in [-0.1, -0.05) is 0 Å². The van der Waals surface area contributed by atoms with E-state index >= 15 is 0 Å². The number of hydrogen-bond acceptors (Lipinski definition) is 6. The Bertz CT molecular complexity index is 874. The van der Waals surface area contributed by atoms with Crippen LogP contribution < -0.4 is 5.56 Å². The highest BCUT2D eigenvalue weighted by molar-refractivity contribution is 14.1. The van der Waals surface area contributed by atoms with Gasteiger partial charge in [-0.15, -0.1) is 11.3 Å². The second-order valence-electron chi connectivity index (χ2n) is 3.84. The summed E-state index contributed by atoms with van der Waals surface area (Å²) in [6.45, 7) is 0. The van der Waals surface area contributed by atoms with Crippen molar-refractivity contribution in [3.05, 3.63) is 43.3 Å². The number of pyridine rings is 2. The fourth-order valence-corrected chi connectivity index (χ4v) is 2.90. The summed E-state index contributed by atoms with van der Waals surface area (Å²) in [6.07, 6.45) is 1.90. The quantitative estimate of drug-likeness (QED) is 0.405. The Morgan fingerprint density at radius 2 is 2.20 bits per heavy atom. The molecule has 0 saturated carbocycles. The van der Waals surface area contributed by atoms with Crippen LogP contribution in [-0.4, -0.2) is 25.9 Å². The minimum Gasteiger partial charge on any atom is -0.506 e. The zero-order valence-corrected chi connectivity index (χ0v) is 12.8. The van der Waals surface area contributed by atoms with Crippen LogP contribution in [0.15, 0.2) is 28.5 Å². The highest BCUT2D eigenvalue weighted by atomic mass is 127. The summed E-state index contributed by atoms with van der Waals surface area (Å²) in [5, 5.41) is 12.5. The van der Waals surface area contributed by atoms with E-state index < -0.39 is 5.56 Å². The Balaban J connectivity index is 2.58. The first-order valence-electron chi connectivity index (χ1n) is 5.42. The predicted octanol–water partition coefficient (Wildman–Crippen LogP) is 1.96. The van der Waals surface area contributed by atoms with E-state index in [9.17, 15) is 14.7 Å². The lowest BCUT2D eigenvalue weighted by atomic mass is 10.2. The maximum Gasteiger partial charge on any atom is 0.273 e. The van der Waals surface area contributed by atoms with Gasteiger partial charge in [0, 0.05) is 11.6 Å². The molecule has 3 aromatic rings. The van der Waals surface area contributed by atoms with Gasteiger partial charge in [-0.05, 0) is 34.7 Å². The summed E-state index contributed by atoms with van der Waals surface area (Å²) in [7, 11) is 0. The zero-order valence-electron chi connectivity index (χ0n) is 9.78. The first kappa shape index (κ1) is 13.2. The molecule has 0 aromatic carbocycles. The summed E-state index contributed by atoms with van der Waals surface area (Å²) in [4.78, 5) is 31.8. The van der Waals surface area contributed by atoms with Gasteiger partial charge in [-0.25, -0.2) is 14.5 Å². The van der Waals surface area contributed by atoms with Gasteiger partial charge in [0.2, 0.25) is 0 Å². The van der Waals surface area contributed by atoms with Crippen molar-refractivity contribution in [2.45, 2.75) is 0 Å². The standard InChI is InChI=1S/C12H6IN3O3S/c13-8-2-1-6-9(18)7(5-17)11(19)16(10(6)15-8)12-14-3-4-20-12/h1-5,18H. The lowest BCUT2D eigenvalue weighted by molar-refractivity contribution is 0.111. The molecule has 0 spiro atoms. The van der Waals surface area contributed by atoms with Crippen molar-refractivity contribution in [1.82, 2.24) is 14.5 Å². The summed E-state index contributed by atoms with van der Waals surface area (Å²) >= 11 is 3.26. The third-order valence-electron chi connectivity index (χ3n) is 2.73. The number of carbonyl (C=O) groups is 1. The Hall–Kier alpha value is -1.81. The van der Waals surface area contributed by atoms with E-state index in [4.69, 9.17) is 0 Å². The number of aromatic hydroxyl groups is 1. The highest BCUT2D eigenvalue weighted by Gasteiger charge is 2.19. The van der Waals surface area contributed by atoms with Crippen molar-refractivity contribution in [3.8, 4) is 10.9 Å². The van der Waals surface area contributed by atoms with Gasteiger partial charge >= 0.3 is 0 Å². The fraction of sp³-hybridized carbons (Fsp3) is 0. The Kier molecular flexibility index (Phi) is 3.26. The van der Waals surface area contributed by atoms with Crippen LogP contribution in [0.2, 0.25) is 0 Å². The average Bonchev–Trinajstić information content (AvgIpc) is 2.93. The van der Waals surface area contributed by atoms with Crippen LogP contribution in [0.25, 0.3) is 16.2 Å². The predicted molar refractivity (Wildman–Crippen MR) is 82.8 cm³/mol. The molecule has 3 rings (SSSR count). The normalized spacial score (nSPS) is 10.8. The molecule has 0 bridgehead atoms. The lowest BCUT2D eigenvalue weighted by Crippen LogP contribution is -2.23. The minimum atomic E-state index is -0.630. The van der Waals surface area contributed by atoms with E-state index in [2.05, 4.69) is 9.97 Å². The summed E-state index contributed by atoms with van der Waals surface area (Å²) in [5.41, 5.74) is -0.648. The van der Waals surface area contributed by atoms with E-state index in [1.807, 2.05) is 22.6 Å². The topological polar surface area (TPSA) is 85.1 Å². The SMILES string of the molecule is O=Cc1c(O)c2ccc(I)nc2n(-c2nccs2)c1=O. The van der Waals surface area contributed by atoms with E-state index in [-0.39, 0.29) is 17.0 Å². The van der Waals surface area contributed by atoms with Gasteiger partial charge in [0.1, 0.15) is 15.0 Å². The molecule has 1 N–H and O–H groups in total. The smallest absolute Gasteiger partial charge is 0.273 e. The van der Waals surface area contributed by atoms with Crippen LogP contribution in [0.1, 0.15) is 10.4 Å². The third-order valence-corrected chi connectivity index (χ3v) is 4.08. The van der Waals surface area contributed by atoms with Crippen molar-refractivity contribution in [2.24, 2.45) is 0 Å². The van der Waals surface area contributed by atoms with E-state index in [0.29, 0.717) is 20.5 Å². The lowest BCUT2D eigenvalue weighted by Gasteiger charge is -2.09. The van der Waals surface area contributed by atoms with Crippen molar-refractivity contribution in [2.75, 3.05) is 0 Å². The van der Waals surface area contributed by atoms with Gasteiger partial charge in [-0.2, -0.15) is 0 Å². The molecule has 0 radical (unpaired) electrons. The Morgan fingerprint density at radius 3 is 2.85 bits per heavy atom. The van der Waals surface area contributed by atoms with E-state index in [1.54, 1.807) is 23.7 Å². The maximum atomic E-state index is 12.3. The molecule has 0 aliphatic rings. The molecule has 0 saturated heterocycles. The molecule has 0 fully saturated rings. The molecular formula is C12H6IN3O3S. The average molecular weight is 399 g/mol. The van der Waals surface area contributed by atoms with Crippen molar-refractivity contribution < 1.29 is 9.90 Å². The van der Waals surface area contributed by atoms with Crippen molar-refractivity contribution >= 4 is 51.2 Å². The fourth-order valence-electron chi connectivity index (χ4n) is 1.85. The molecule has 8 heteroatoms. The largest absolute Gasteiger partial charge is 0.506 e. The van der Waals surface area contributed by atoms with E-state index in [0.717, 1.165) is 0 Å². The first-order chi connectivity index (χ1) is 9.63. The summed E-state index contributed by atoms with van der Waals surface area (Å²) < 4.78 is 1.91. The van der Waals surface area contributed by atoms with Crippen LogP contribution in [-0.2, 0) is 0 Å². The summed E-state index contributed by atoms with van der Waals surface area (Å²) in [6, 6.07) is 3.31. The molecule has 3 aromatic heterocycles. The maximum absolute atomic E-state index is 12.3. The molecule has 0 aliphatic carbocycles. The van der Waals surface area contributed by atoms with Gasteiger partial charge in [0.25, 0.3) is 5.56 Å². The molecule has 0 amide bonds. The second-order valence-corrected chi connectivity index (χ2v) is 5.82. The Labute approximate surface area is 129 Å². The molecule has 20 heavy (non-hydrogen) atoms. The number of carbonyl (C=O) groups excluding carboxylic acids is 1. The van der Waals surface area contributed by atoms with Crippen LogP contribution in [0, 0.1) is 3.70 Å². The third kappa shape index (κ3) is 1.91. The van der Waals surface area contributed by atoms with Crippen LogP contribution in [0.4, 0.5) is 0 Å². The number of thiazole rings is 1. The number of rotatable bonds is 2. The number of nitrogens with zero attached hydrogens (tertiary/aromatic N) is 3. The molecule has 6 nitrogen and oxygen atoms in total. The summed E-state index contributed by atoms with van der Waals surface area (Å²) in [5.74, 6) is -0.350. The number of halogens is 1. The molecule has 0 unspecified atom stereocenters. The zero-order chi connectivity index (χ0) is 14.3. The minimum absolute atomic E-state index is 0.278. The van der Waals surface area contributed by atoms with Gasteiger partial charge < -0.3 is 5.11 Å². The monoisotopic (exact) mass is 399 g/mol. The number of aldehydes is 1. The van der Waals surface area contributed by atoms with Crippen LogP contribution >= 0.6 is 33.9 Å². The second kappa shape index (κ2) is 4.94. The van der Waals surface area contributed by atoms with Crippen molar-refractivity contribution in [1.29, 1.82) is 0 Å². The highest BCUT2D eigenvalue weighted by Crippen LogP contribution is 2.27. The molecule has 0 atom stereocenters. The molecule has 0 aliphatic heterocycles. The molecular weight excluding hydrogens is 393 g/mol. The number of hydrogen-bond donors (Lipinski definition) is 1. The molecule has 3 heterocycles. The van der Waals surface area contributed by atoms with Gasteiger partial charge in [0.15, 0.2) is 17.1 Å². The van der Waals surface area contributed by atoms with Crippen molar-refractivity contribution in [3.63, 3.8) is 0 Å². The van der Waals surface area contributed by atoms with Crippen LogP contribution in [0.3, 0.4) is 0 Å². The first-order valence-corrected chi connectivity index (χ1v) is 7.38. The number of aromatic nitrogens is 3. The molecule has 100 valence electrons. The van der Waals surface area contributed by atoms with E-state index in [1.165, 1.54) is 15.9 Å². The Morgan fingerprint density at radius 1 is 1.40 bits per heavy atom. The van der Waals surface area contributed by atoms with Gasteiger partial charge in [0.05, 0.1) is 5.39 Å². The van der Waals surface area contributed by atoms with Crippen LogP contribution in [0.5, 0.6) is 5.75 Å². The number of fused-ring (bicyclic) bond motifs is 1. The van der Waals surface area contributed by atoms with Gasteiger partial charge in [-0.3, -0.25) is 9.59 Å².